The Morgan fingerprint density at radius 3 is 2.62 bits per heavy atom. The summed E-state index contributed by atoms with van der Waals surface area (Å²) >= 11 is 7.13. The number of benzene rings is 2. The van der Waals surface area contributed by atoms with E-state index in [-0.39, 0.29) is 11.5 Å². The van der Waals surface area contributed by atoms with Crippen LogP contribution in [0.25, 0.3) is 10.2 Å². The van der Waals surface area contributed by atoms with Crippen LogP contribution in [-0.2, 0) is 6.54 Å². The number of halogens is 1. The zero-order valence-electron chi connectivity index (χ0n) is 19.4. The Bertz CT molecular complexity index is 1390. The van der Waals surface area contributed by atoms with Crippen molar-refractivity contribution in [2.24, 2.45) is 0 Å². The molecule has 0 aliphatic carbocycles. The fraction of sp³-hybridized carbons (Fsp3) is 0.269. The van der Waals surface area contributed by atoms with Crippen LogP contribution in [-0.4, -0.2) is 22.1 Å². The minimum Gasteiger partial charge on any atom is -0.494 e. The first-order valence-electron chi connectivity index (χ1n) is 11.1. The number of hydrogen-bond donors (Lipinski definition) is 1. The molecule has 4 aromatic rings. The number of ether oxygens (including phenoxy) is 1. The summed E-state index contributed by atoms with van der Waals surface area (Å²) in [4.78, 5) is 31.6. The van der Waals surface area contributed by atoms with E-state index in [9.17, 15) is 9.59 Å². The first kappa shape index (κ1) is 24.0. The van der Waals surface area contributed by atoms with Crippen LogP contribution in [0.2, 0.25) is 5.02 Å². The summed E-state index contributed by atoms with van der Waals surface area (Å²) in [5.74, 6) is 0.544. The monoisotopic (exact) mass is 495 g/mol. The number of hydrogen-bond acceptors (Lipinski definition) is 5. The van der Waals surface area contributed by atoms with Gasteiger partial charge in [-0.25, -0.2) is 4.98 Å². The van der Waals surface area contributed by atoms with Crippen molar-refractivity contribution in [1.29, 1.82) is 0 Å². The van der Waals surface area contributed by atoms with E-state index in [1.807, 2.05) is 51.1 Å². The number of aromatic nitrogens is 2. The van der Waals surface area contributed by atoms with Gasteiger partial charge in [0, 0.05) is 17.3 Å². The molecule has 0 saturated carbocycles. The maximum Gasteiger partial charge on any atom is 0.266 e. The third-order valence-electron chi connectivity index (χ3n) is 5.63. The molecule has 1 amide bonds. The van der Waals surface area contributed by atoms with Crippen LogP contribution in [0.1, 0.15) is 39.2 Å². The molecule has 8 heteroatoms. The molecule has 4 rings (SSSR count). The summed E-state index contributed by atoms with van der Waals surface area (Å²) in [6, 6.07) is 13.1. The minimum atomic E-state index is -0.224. The predicted octanol–water partition coefficient (Wildman–Crippen LogP) is 6.15. The molecule has 0 aliphatic rings. The molecule has 176 valence electrons. The van der Waals surface area contributed by atoms with Crippen molar-refractivity contribution in [1.82, 2.24) is 9.55 Å². The first-order chi connectivity index (χ1) is 16.3. The van der Waals surface area contributed by atoms with E-state index in [1.165, 1.54) is 11.3 Å². The maximum absolute atomic E-state index is 13.1. The molecule has 0 bridgehead atoms. The molecular weight excluding hydrogens is 470 g/mol. The second kappa shape index (κ2) is 10.4. The Balaban J connectivity index is 1.42. The number of carbonyl (C=O) groups excluding carboxylic acids is 1. The second-order valence-corrected chi connectivity index (χ2v) is 9.70. The van der Waals surface area contributed by atoms with Crippen molar-refractivity contribution >= 4 is 44.7 Å². The first-order valence-corrected chi connectivity index (χ1v) is 12.3. The molecule has 0 aliphatic heterocycles. The van der Waals surface area contributed by atoms with Crippen molar-refractivity contribution < 1.29 is 9.53 Å². The Hall–Kier alpha value is -3.16. The van der Waals surface area contributed by atoms with Gasteiger partial charge in [0.25, 0.3) is 11.5 Å². The maximum atomic E-state index is 13.1. The number of carbonyl (C=O) groups is 1. The molecule has 0 fully saturated rings. The van der Waals surface area contributed by atoms with Gasteiger partial charge in [0.05, 0.1) is 23.2 Å². The quantitative estimate of drug-likeness (QED) is 0.297. The average Bonchev–Trinajstić information content (AvgIpc) is 3.15. The van der Waals surface area contributed by atoms with Crippen LogP contribution in [0, 0.1) is 20.8 Å². The predicted molar refractivity (Wildman–Crippen MR) is 139 cm³/mol. The Morgan fingerprint density at radius 1 is 1.12 bits per heavy atom. The number of anilines is 1. The number of fused-ring (bicyclic) bond motifs is 1. The molecule has 1 N–H and O–H groups in total. The van der Waals surface area contributed by atoms with E-state index in [4.69, 9.17) is 16.3 Å². The second-order valence-electron chi connectivity index (χ2n) is 8.26. The normalized spacial score (nSPS) is 11.1. The van der Waals surface area contributed by atoms with Crippen LogP contribution in [0.3, 0.4) is 0 Å². The van der Waals surface area contributed by atoms with Crippen molar-refractivity contribution in [3.63, 3.8) is 0 Å². The lowest BCUT2D eigenvalue weighted by Crippen LogP contribution is -2.21. The van der Waals surface area contributed by atoms with Gasteiger partial charge in [0.15, 0.2) is 0 Å². The van der Waals surface area contributed by atoms with Gasteiger partial charge in [-0.15, -0.1) is 11.3 Å². The zero-order chi connectivity index (χ0) is 24.2. The lowest BCUT2D eigenvalue weighted by atomic mass is 10.1. The number of nitrogens with zero attached hydrogens (tertiary/aromatic N) is 2. The molecule has 0 radical (unpaired) electrons. The number of aryl methyl sites for hydroxylation is 4. The van der Waals surface area contributed by atoms with E-state index in [2.05, 4.69) is 10.3 Å². The highest BCUT2D eigenvalue weighted by molar-refractivity contribution is 7.20. The van der Waals surface area contributed by atoms with Gasteiger partial charge >= 0.3 is 0 Å². The van der Waals surface area contributed by atoms with Gasteiger partial charge in [-0.1, -0.05) is 29.3 Å². The lowest BCUT2D eigenvalue weighted by Gasteiger charge is -2.08. The topological polar surface area (TPSA) is 73.2 Å². The van der Waals surface area contributed by atoms with Gasteiger partial charge in [-0.2, -0.15) is 0 Å². The molecule has 0 spiro atoms. The molecule has 2 aromatic heterocycles. The summed E-state index contributed by atoms with van der Waals surface area (Å²) in [5, 5.41) is 4.15. The van der Waals surface area contributed by atoms with Crippen molar-refractivity contribution in [3.8, 4) is 5.75 Å². The van der Waals surface area contributed by atoms with E-state index < -0.39 is 0 Å². The highest BCUT2D eigenvalue weighted by atomic mass is 35.5. The van der Waals surface area contributed by atoms with Gasteiger partial charge in [0.1, 0.15) is 10.6 Å². The van der Waals surface area contributed by atoms with Crippen molar-refractivity contribution in [3.05, 3.63) is 85.7 Å². The van der Waals surface area contributed by atoms with Crippen molar-refractivity contribution in [2.75, 3.05) is 11.9 Å². The van der Waals surface area contributed by atoms with E-state index in [1.54, 1.807) is 23.0 Å². The molecule has 2 heterocycles. The van der Waals surface area contributed by atoms with Gasteiger partial charge in [-0.05, 0) is 75.1 Å². The van der Waals surface area contributed by atoms with Crippen LogP contribution >= 0.6 is 22.9 Å². The van der Waals surface area contributed by atoms with Crippen LogP contribution in [0.15, 0.2) is 53.6 Å². The Kier molecular flexibility index (Phi) is 7.34. The summed E-state index contributed by atoms with van der Waals surface area (Å²) in [5.41, 5.74) is 3.43. The Morgan fingerprint density at radius 2 is 1.88 bits per heavy atom. The highest BCUT2D eigenvalue weighted by Gasteiger charge is 2.20. The minimum absolute atomic E-state index is 0.122. The van der Waals surface area contributed by atoms with Crippen molar-refractivity contribution in [2.45, 2.75) is 40.2 Å². The van der Waals surface area contributed by atoms with Crippen LogP contribution < -0.4 is 15.6 Å². The largest absolute Gasteiger partial charge is 0.494 e. The average molecular weight is 496 g/mol. The molecule has 34 heavy (non-hydrogen) atoms. The molecule has 6 nitrogen and oxygen atoms in total. The van der Waals surface area contributed by atoms with Gasteiger partial charge in [-0.3, -0.25) is 14.2 Å². The number of thiophene rings is 1. The smallest absolute Gasteiger partial charge is 0.266 e. The summed E-state index contributed by atoms with van der Waals surface area (Å²) in [6.45, 7) is 6.86. The summed E-state index contributed by atoms with van der Waals surface area (Å²) in [7, 11) is 0. The number of unbranched alkanes of at least 4 members (excludes halogenated alkanes) is 1. The molecule has 0 atom stereocenters. The molecule has 2 aromatic carbocycles. The van der Waals surface area contributed by atoms with E-state index in [0.29, 0.717) is 38.8 Å². The SMILES string of the molecule is Cc1ccc(NC(=O)c2sc3ncn(CCCCOc4ccc(Cl)cc4)c(=O)c3c2C)c(C)c1. The zero-order valence-corrected chi connectivity index (χ0v) is 20.9. The van der Waals surface area contributed by atoms with Crippen LogP contribution in [0.5, 0.6) is 5.75 Å². The fourth-order valence-corrected chi connectivity index (χ4v) is 4.93. The fourth-order valence-electron chi connectivity index (χ4n) is 3.77. The number of nitrogens with one attached hydrogen (secondary N) is 1. The number of amides is 1. The lowest BCUT2D eigenvalue weighted by molar-refractivity contribution is 0.103. The third-order valence-corrected chi connectivity index (χ3v) is 7.08. The third kappa shape index (κ3) is 5.32. The van der Waals surface area contributed by atoms with E-state index in [0.717, 1.165) is 35.4 Å². The summed E-state index contributed by atoms with van der Waals surface area (Å²) in [6.07, 6.45) is 3.12. The van der Waals surface area contributed by atoms with Gasteiger partial charge < -0.3 is 10.1 Å². The molecule has 0 saturated heterocycles. The Labute approximate surface area is 207 Å². The van der Waals surface area contributed by atoms with E-state index >= 15 is 0 Å². The van der Waals surface area contributed by atoms with Gasteiger partial charge in [0.2, 0.25) is 0 Å². The number of rotatable bonds is 8. The standard InChI is InChI=1S/C26H26ClN3O3S/c1-16-6-11-21(17(2)14-16)29-24(31)23-18(3)22-25(34-23)28-15-30(26(22)32)12-4-5-13-33-20-9-7-19(27)8-10-20/h6-11,14-15H,4-5,12-13H2,1-3H3,(H,29,31). The van der Waals surface area contributed by atoms with Crippen LogP contribution in [0.4, 0.5) is 5.69 Å². The molecule has 0 unspecified atom stereocenters. The molecular formula is C26H26ClN3O3S. The summed E-state index contributed by atoms with van der Waals surface area (Å²) < 4.78 is 7.31. The highest BCUT2D eigenvalue weighted by Crippen LogP contribution is 2.28.